The summed E-state index contributed by atoms with van der Waals surface area (Å²) in [6.45, 7) is -0.410. The molecule has 2 aromatic heterocycles. The molecule has 9 heteroatoms. The standard InChI is InChI=1S/C22H18N4O4S/c1-29-17-4-2-3-16(11-17)18-13-31-22(25-18)26-19(27)12-30-21(28)15-7-5-14(6-8-15)20-23-9-10-24-20/h2-11,13H,12H2,1H3,(H,23,24)(H,25,26,27). The van der Waals surface area contributed by atoms with Crippen molar-refractivity contribution in [3.8, 4) is 28.4 Å². The number of benzene rings is 2. The smallest absolute Gasteiger partial charge is 0.338 e. The second kappa shape index (κ2) is 9.23. The number of anilines is 1. The molecule has 31 heavy (non-hydrogen) atoms. The second-order valence-electron chi connectivity index (χ2n) is 6.41. The predicted molar refractivity (Wildman–Crippen MR) is 117 cm³/mol. The predicted octanol–water partition coefficient (Wildman–Crippen LogP) is 4.00. The van der Waals surface area contributed by atoms with Crippen LogP contribution in [0.15, 0.2) is 66.3 Å². The van der Waals surface area contributed by atoms with Crippen LogP contribution in [0.5, 0.6) is 5.75 Å². The minimum atomic E-state index is -0.586. The van der Waals surface area contributed by atoms with Crippen molar-refractivity contribution in [2.75, 3.05) is 19.0 Å². The molecule has 4 aromatic rings. The fraction of sp³-hybridized carbons (Fsp3) is 0.0909. The SMILES string of the molecule is COc1cccc(-c2csc(NC(=O)COC(=O)c3ccc(-c4ncc[nH]4)cc3)n2)c1. The summed E-state index contributed by atoms with van der Waals surface area (Å²) in [5.41, 5.74) is 2.78. The van der Waals surface area contributed by atoms with Gasteiger partial charge in [0.15, 0.2) is 11.7 Å². The first-order chi connectivity index (χ1) is 15.1. The van der Waals surface area contributed by atoms with Gasteiger partial charge in [-0.25, -0.2) is 14.8 Å². The van der Waals surface area contributed by atoms with Gasteiger partial charge in [0.05, 0.1) is 18.4 Å². The van der Waals surface area contributed by atoms with Crippen molar-refractivity contribution in [1.82, 2.24) is 15.0 Å². The van der Waals surface area contributed by atoms with E-state index in [2.05, 4.69) is 20.3 Å². The Morgan fingerprint density at radius 3 is 2.71 bits per heavy atom. The third-order valence-electron chi connectivity index (χ3n) is 4.34. The van der Waals surface area contributed by atoms with E-state index in [1.54, 1.807) is 43.8 Å². The van der Waals surface area contributed by atoms with Gasteiger partial charge in [-0.15, -0.1) is 11.3 Å². The summed E-state index contributed by atoms with van der Waals surface area (Å²) in [7, 11) is 1.60. The summed E-state index contributed by atoms with van der Waals surface area (Å²) in [6.07, 6.45) is 3.37. The van der Waals surface area contributed by atoms with E-state index >= 15 is 0 Å². The van der Waals surface area contributed by atoms with Crippen molar-refractivity contribution in [3.63, 3.8) is 0 Å². The fourth-order valence-electron chi connectivity index (χ4n) is 2.80. The van der Waals surface area contributed by atoms with Gasteiger partial charge >= 0.3 is 5.97 Å². The number of amides is 1. The number of aromatic amines is 1. The first-order valence-corrected chi connectivity index (χ1v) is 10.2. The van der Waals surface area contributed by atoms with Crippen molar-refractivity contribution < 1.29 is 19.1 Å². The van der Waals surface area contributed by atoms with E-state index in [0.29, 0.717) is 22.2 Å². The van der Waals surface area contributed by atoms with Crippen molar-refractivity contribution in [3.05, 3.63) is 71.9 Å². The number of rotatable bonds is 7. The molecule has 0 aliphatic rings. The zero-order valence-corrected chi connectivity index (χ0v) is 17.3. The summed E-state index contributed by atoms with van der Waals surface area (Å²) in [4.78, 5) is 35.9. The lowest BCUT2D eigenvalue weighted by Gasteiger charge is -2.05. The summed E-state index contributed by atoms with van der Waals surface area (Å²) < 4.78 is 10.3. The number of imidazole rings is 1. The van der Waals surface area contributed by atoms with Crippen LogP contribution >= 0.6 is 11.3 Å². The number of H-pyrrole nitrogens is 1. The number of nitrogens with zero attached hydrogens (tertiary/aromatic N) is 2. The topological polar surface area (TPSA) is 106 Å². The maximum atomic E-state index is 12.2. The molecular formula is C22H18N4O4S. The molecular weight excluding hydrogens is 416 g/mol. The van der Waals surface area contributed by atoms with Gasteiger partial charge in [0, 0.05) is 28.9 Å². The number of thiazole rings is 1. The van der Waals surface area contributed by atoms with Gasteiger partial charge in [0.25, 0.3) is 5.91 Å². The minimum absolute atomic E-state index is 0.345. The van der Waals surface area contributed by atoms with Gasteiger partial charge in [-0.05, 0) is 24.3 Å². The van der Waals surface area contributed by atoms with Crippen molar-refractivity contribution in [2.24, 2.45) is 0 Å². The van der Waals surface area contributed by atoms with Crippen LogP contribution in [0.1, 0.15) is 10.4 Å². The largest absolute Gasteiger partial charge is 0.497 e. The van der Waals surface area contributed by atoms with Crippen molar-refractivity contribution in [1.29, 1.82) is 0 Å². The van der Waals surface area contributed by atoms with Crippen LogP contribution in [0.2, 0.25) is 0 Å². The van der Waals surface area contributed by atoms with Gasteiger partial charge in [0.1, 0.15) is 11.6 Å². The number of ether oxygens (including phenoxy) is 2. The molecule has 0 unspecified atom stereocenters. The highest BCUT2D eigenvalue weighted by Gasteiger charge is 2.13. The molecule has 0 saturated heterocycles. The lowest BCUT2D eigenvalue weighted by Crippen LogP contribution is -2.20. The van der Waals surface area contributed by atoms with Gasteiger partial charge in [0.2, 0.25) is 0 Å². The molecule has 0 saturated carbocycles. The number of esters is 1. The molecule has 2 N–H and O–H groups in total. The van der Waals surface area contributed by atoms with Crippen LogP contribution in [0, 0.1) is 0 Å². The van der Waals surface area contributed by atoms with Crippen LogP contribution in [0.3, 0.4) is 0 Å². The zero-order valence-electron chi connectivity index (χ0n) is 16.5. The molecule has 1 amide bonds. The van der Waals surface area contributed by atoms with Crippen LogP contribution < -0.4 is 10.1 Å². The van der Waals surface area contributed by atoms with Gasteiger partial charge in [-0.1, -0.05) is 24.3 Å². The summed E-state index contributed by atoms with van der Waals surface area (Å²) in [6, 6.07) is 14.2. The third kappa shape index (κ3) is 4.96. The van der Waals surface area contributed by atoms with Crippen LogP contribution in [-0.2, 0) is 9.53 Å². The second-order valence-corrected chi connectivity index (χ2v) is 7.27. The molecule has 2 aromatic carbocycles. The Kier molecular flexibility index (Phi) is 6.04. The Morgan fingerprint density at radius 1 is 1.13 bits per heavy atom. The summed E-state index contributed by atoms with van der Waals surface area (Å²) in [5, 5.41) is 4.89. The maximum absolute atomic E-state index is 12.2. The number of hydrogen-bond acceptors (Lipinski definition) is 7. The Bertz CT molecular complexity index is 1190. The fourth-order valence-corrected chi connectivity index (χ4v) is 3.54. The lowest BCUT2D eigenvalue weighted by molar-refractivity contribution is -0.119. The molecule has 156 valence electrons. The molecule has 0 spiro atoms. The van der Waals surface area contributed by atoms with E-state index in [-0.39, 0.29) is 0 Å². The minimum Gasteiger partial charge on any atom is -0.497 e. The lowest BCUT2D eigenvalue weighted by atomic mass is 10.1. The molecule has 0 aliphatic carbocycles. The molecule has 0 radical (unpaired) electrons. The molecule has 8 nitrogen and oxygen atoms in total. The number of hydrogen-bond donors (Lipinski definition) is 2. The first kappa shape index (κ1) is 20.3. The Balaban J connectivity index is 1.31. The highest BCUT2D eigenvalue weighted by Crippen LogP contribution is 2.27. The zero-order chi connectivity index (χ0) is 21.6. The number of aromatic nitrogens is 3. The van der Waals surface area contributed by atoms with E-state index < -0.39 is 18.5 Å². The quantitative estimate of drug-likeness (QED) is 0.426. The Labute approximate surface area is 181 Å². The average Bonchev–Trinajstić information content (AvgIpc) is 3.50. The highest BCUT2D eigenvalue weighted by atomic mass is 32.1. The van der Waals surface area contributed by atoms with E-state index in [1.165, 1.54) is 11.3 Å². The van der Waals surface area contributed by atoms with Gasteiger partial charge in [-0.3, -0.25) is 10.1 Å². The monoisotopic (exact) mass is 434 g/mol. The number of carbonyl (C=O) groups excluding carboxylic acids is 2. The normalized spacial score (nSPS) is 10.5. The van der Waals surface area contributed by atoms with Crippen LogP contribution in [0.4, 0.5) is 5.13 Å². The van der Waals surface area contributed by atoms with E-state index in [9.17, 15) is 9.59 Å². The molecule has 0 aliphatic heterocycles. The molecule has 0 atom stereocenters. The number of nitrogens with one attached hydrogen (secondary N) is 2. The third-order valence-corrected chi connectivity index (χ3v) is 5.10. The first-order valence-electron chi connectivity index (χ1n) is 9.29. The number of methoxy groups -OCH3 is 1. The van der Waals surface area contributed by atoms with E-state index in [4.69, 9.17) is 9.47 Å². The Hall–Kier alpha value is -3.98. The molecule has 2 heterocycles. The molecule has 4 rings (SSSR count). The molecule has 0 fully saturated rings. The highest BCUT2D eigenvalue weighted by molar-refractivity contribution is 7.14. The van der Waals surface area contributed by atoms with Gasteiger partial charge in [-0.2, -0.15) is 0 Å². The van der Waals surface area contributed by atoms with E-state index in [1.807, 2.05) is 29.6 Å². The Morgan fingerprint density at radius 2 is 1.97 bits per heavy atom. The maximum Gasteiger partial charge on any atom is 0.338 e. The van der Waals surface area contributed by atoms with Crippen LogP contribution in [-0.4, -0.2) is 40.5 Å². The van der Waals surface area contributed by atoms with Crippen molar-refractivity contribution in [2.45, 2.75) is 0 Å². The van der Waals surface area contributed by atoms with E-state index in [0.717, 1.165) is 16.9 Å². The summed E-state index contributed by atoms with van der Waals surface area (Å²) in [5.74, 6) is 0.376. The van der Waals surface area contributed by atoms with Crippen molar-refractivity contribution >= 4 is 28.3 Å². The summed E-state index contributed by atoms with van der Waals surface area (Å²) >= 11 is 1.28. The van der Waals surface area contributed by atoms with Crippen LogP contribution in [0.25, 0.3) is 22.6 Å². The molecule has 0 bridgehead atoms. The number of carbonyl (C=O) groups is 2. The van der Waals surface area contributed by atoms with Gasteiger partial charge < -0.3 is 14.5 Å². The average molecular weight is 434 g/mol.